The quantitative estimate of drug-likeness (QED) is 0.614. The number of benzene rings is 3. The van der Waals surface area contributed by atoms with E-state index in [1.54, 1.807) is 24.3 Å². The Kier molecular flexibility index (Phi) is 6.19. The molecule has 0 unspecified atom stereocenters. The Labute approximate surface area is 170 Å². The minimum absolute atomic E-state index is 0.105. The fraction of sp³-hybridized carbons (Fsp3) is 0.136. The molecule has 1 amide bonds. The van der Waals surface area contributed by atoms with Crippen LogP contribution in [0.1, 0.15) is 11.1 Å². The summed E-state index contributed by atoms with van der Waals surface area (Å²) in [6, 6.07) is 20.5. The monoisotopic (exact) mass is 410 g/mol. The van der Waals surface area contributed by atoms with E-state index in [0.29, 0.717) is 17.1 Å². The lowest BCUT2D eigenvalue weighted by atomic mass is 10.2. The van der Waals surface area contributed by atoms with Gasteiger partial charge in [-0.1, -0.05) is 24.3 Å². The van der Waals surface area contributed by atoms with Crippen LogP contribution in [0.2, 0.25) is 0 Å². The summed E-state index contributed by atoms with van der Waals surface area (Å²) in [5, 5.41) is 2.68. The van der Waals surface area contributed by atoms with Gasteiger partial charge in [0.2, 0.25) is 0 Å². The number of anilines is 2. The highest BCUT2D eigenvalue weighted by atomic mass is 32.2. The van der Waals surface area contributed by atoms with Crippen molar-refractivity contribution in [2.75, 3.05) is 16.6 Å². The van der Waals surface area contributed by atoms with Gasteiger partial charge in [0.15, 0.2) is 6.61 Å². The molecule has 7 heteroatoms. The number of carbonyl (C=O) groups is 1. The SMILES string of the molecule is Cc1cccc(NS(=O)(=O)c2ccc(NC(=O)COc3cccc(C)c3)cc2)c1. The molecule has 0 fully saturated rings. The first kappa shape index (κ1) is 20.4. The number of rotatable bonds is 7. The van der Waals surface area contributed by atoms with Crippen molar-refractivity contribution in [3.8, 4) is 5.75 Å². The van der Waals surface area contributed by atoms with Crippen LogP contribution < -0.4 is 14.8 Å². The van der Waals surface area contributed by atoms with Gasteiger partial charge in [-0.25, -0.2) is 8.42 Å². The summed E-state index contributed by atoms with van der Waals surface area (Å²) in [5.41, 5.74) is 2.98. The van der Waals surface area contributed by atoms with Gasteiger partial charge in [-0.15, -0.1) is 0 Å². The van der Waals surface area contributed by atoms with E-state index in [9.17, 15) is 13.2 Å². The molecule has 29 heavy (non-hydrogen) atoms. The van der Waals surface area contributed by atoms with Gasteiger partial charge in [-0.3, -0.25) is 9.52 Å². The summed E-state index contributed by atoms with van der Waals surface area (Å²) in [5.74, 6) is 0.281. The zero-order valence-corrected chi connectivity index (χ0v) is 17.0. The molecule has 3 aromatic rings. The van der Waals surface area contributed by atoms with Crippen LogP contribution in [0.3, 0.4) is 0 Å². The first-order chi connectivity index (χ1) is 13.8. The Morgan fingerprint density at radius 2 is 1.52 bits per heavy atom. The Bertz CT molecular complexity index is 1110. The Morgan fingerprint density at radius 1 is 0.862 bits per heavy atom. The highest BCUT2D eigenvalue weighted by Gasteiger charge is 2.14. The molecule has 0 aliphatic heterocycles. The molecular formula is C22H22N2O4S. The smallest absolute Gasteiger partial charge is 0.262 e. The van der Waals surface area contributed by atoms with Crippen LogP contribution in [0.5, 0.6) is 5.75 Å². The van der Waals surface area contributed by atoms with Crippen LogP contribution in [0.25, 0.3) is 0 Å². The normalized spacial score (nSPS) is 11.0. The Hall–Kier alpha value is -3.32. The van der Waals surface area contributed by atoms with Crippen molar-refractivity contribution in [2.24, 2.45) is 0 Å². The summed E-state index contributed by atoms with van der Waals surface area (Å²) in [6.45, 7) is 3.69. The number of carbonyl (C=O) groups excluding carboxylic acids is 1. The molecule has 0 saturated heterocycles. The predicted molar refractivity (Wildman–Crippen MR) is 114 cm³/mol. The second-order valence-corrected chi connectivity index (χ2v) is 8.34. The van der Waals surface area contributed by atoms with Gasteiger partial charge >= 0.3 is 0 Å². The average molecular weight is 410 g/mol. The van der Waals surface area contributed by atoms with Gasteiger partial charge in [0, 0.05) is 11.4 Å². The van der Waals surface area contributed by atoms with E-state index in [4.69, 9.17) is 4.74 Å². The number of aryl methyl sites for hydroxylation is 2. The Balaban J connectivity index is 1.59. The van der Waals surface area contributed by atoms with Crippen molar-refractivity contribution in [3.63, 3.8) is 0 Å². The molecular weight excluding hydrogens is 388 g/mol. The maximum absolute atomic E-state index is 12.5. The first-order valence-electron chi connectivity index (χ1n) is 9.01. The molecule has 6 nitrogen and oxygen atoms in total. The van der Waals surface area contributed by atoms with Gasteiger partial charge < -0.3 is 10.1 Å². The molecule has 0 atom stereocenters. The summed E-state index contributed by atoms with van der Waals surface area (Å²) in [7, 11) is -3.71. The fourth-order valence-electron chi connectivity index (χ4n) is 2.69. The van der Waals surface area contributed by atoms with Gasteiger partial charge in [0.25, 0.3) is 15.9 Å². The van der Waals surface area contributed by atoms with Crippen LogP contribution in [0.4, 0.5) is 11.4 Å². The third kappa shape index (κ3) is 5.83. The second-order valence-electron chi connectivity index (χ2n) is 6.65. The minimum Gasteiger partial charge on any atom is -0.484 e. The topological polar surface area (TPSA) is 84.5 Å². The van der Waals surface area contributed by atoms with Crippen LogP contribution in [0.15, 0.2) is 77.7 Å². The van der Waals surface area contributed by atoms with Gasteiger partial charge in [-0.05, 0) is 73.5 Å². The van der Waals surface area contributed by atoms with Crippen LogP contribution in [-0.4, -0.2) is 20.9 Å². The molecule has 0 aliphatic carbocycles. The van der Waals surface area contributed by atoms with E-state index in [-0.39, 0.29) is 17.4 Å². The van der Waals surface area contributed by atoms with E-state index in [1.807, 2.05) is 38.1 Å². The molecule has 0 radical (unpaired) electrons. The fourth-order valence-corrected chi connectivity index (χ4v) is 3.74. The van der Waals surface area contributed by atoms with Gasteiger partial charge in [0.05, 0.1) is 4.90 Å². The minimum atomic E-state index is -3.71. The van der Waals surface area contributed by atoms with Crippen molar-refractivity contribution >= 4 is 27.3 Å². The van der Waals surface area contributed by atoms with E-state index < -0.39 is 10.0 Å². The number of amides is 1. The van der Waals surface area contributed by atoms with Crippen molar-refractivity contribution in [2.45, 2.75) is 18.7 Å². The van der Waals surface area contributed by atoms with E-state index in [1.165, 1.54) is 24.3 Å². The zero-order valence-electron chi connectivity index (χ0n) is 16.2. The summed E-state index contributed by atoms with van der Waals surface area (Å²) >= 11 is 0. The van der Waals surface area contributed by atoms with Crippen molar-refractivity contribution in [1.29, 1.82) is 0 Å². The number of hydrogen-bond donors (Lipinski definition) is 2. The molecule has 3 aromatic carbocycles. The summed E-state index contributed by atoms with van der Waals surface area (Å²) in [6.07, 6.45) is 0. The van der Waals surface area contributed by atoms with Crippen LogP contribution in [-0.2, 0) is 14.8 Å². The molecule has 2 N–H and O–H groups in total. The lowest BCUT2D eigenvalue weighted by molar-refractivity contribution is -0.118. The van der Waals surface area contributed by atoms with Crippen molar-refractivity contribution < 1.29 is 17.9 Å². The molecule has 3 rings (SSSR count). The van der Waals surface area contributed by atoms with E-state index >= 15 is 0 Å². The van der Waals surface area contributed by atoms with Crippen LogP contribution in [0, 0.1) is 13.8 Å². The predicted octanol–water partition coefficient (Wildman–Crippen LogP) is 4.12. The van der Waals surface area contributed by atoms with E-state index in [0.717, 1.165) is 11.1 Å². The number of nitrogens with one attached hydrogen (secondary N) is 2. The highest BCUT2D eigenvalue weighted by Crippen LogP contribution is 2.19. The maximum Gasteiger partial charge on any atom is 0.262 e. The van der Waals surface area contributed by atoms with Crippen LogP contribution >= 0.6 is 0 Å². The highest BCUT2D eigenvalue weighted by molar-refractivity contribution is 7.92. The molecule has 0 heterocycles. The zero-order chi connectivity index (χ0) is 20.9. The third-order valence-electron chi connectivity index (χ3n) is 4.08. The van der Waals surface area contributed by atoms with Crippen molar-refractivity contribution in [1.82, 2.24) is 0 Å². The number of hydrogen-bond acceptors (Lipinski definition) is 4. The first-order valence-corrected chi connectivity index (χ1v) is 10.5. The molecule has 150 valence electrons. The summed E-state index contributed by atoms with van der Waals surface area (Å²) < 4.78 is 33.0. The largest absolute Gasteiger partial charge is 0.484 e. The lowest BCUT2D eigenvalue weighted by Crippen LogP contribution is -2.20. The van der Waals surface area contributed by atoms with E-state index in [2.05, 4.69) is 10.0 Å². The molecule has 0 bridgehead atoms. The molecule has 0 aromatic heterocycles. The molecule has 0 saturated carbocycles. The van der Waals surface area contributed by atoms with Gasteiger partial charge in [-0.2, -0.15) is 0 Å². The number of ether oxygens (including phenoxy) is 1. The van der Waals surface area contributed by atoms with Gasteiger partial charge in [0.1, 0.15) is 5.75 Å². The Morgan fingerprint density at radius 3 is 2.17 bits per heavy atom. The second kappa shape index (κ2) is 8.79. The lowest BCUT2D eigenvalue weighted by Gasteiger charge is -2.10. The standard InChI is InChI=1S/C22H22N2O4S/c1-16-5-3-7-19(13-16)24-29(26,27)21-11-9-18(10-12-21)23-22(25)15-28-20-8-4-6-17(2)14-20/h3-14,24H,15H2,1-2H3,(H,23,25). The third-order valence-corrected chi connectivity index (χ3v) is 5.48. The molecule has 0 aliphatic rings. The van der Waals surface area contributed by atoms with Crippen molar-refractivity contribution in [3.05, 3.63) is 83.9 Å². The average Bonchev–Trinajstić information content (AvgIpc) is 2.67. The molecule has 0 spiro atoms. The number of sulfonamides is 1. The maximum atomic E-state index is 12.5. The summed E-state index contributed by atoms with van der Waals surface area (Å²) in [4.78, 5) is 12.2.